The van der Waals surface area contributed by atoms with Crippen LogP contribution in [-0.2, 0) is 24.2 Å². The van der Waals surface area contributed by atoms with E-state index in [0.717, 1.165) is 26.1 Å². The van der Waals surface area contributed by atoms with Gasteiger partial charge in [-0.3, -0.25) is 4.90 Å². The van der Waals surface area contributed by atoms with E-state index in [1.165, 1.54) is 23.8 Å². The molecular weight excluding hydrogens is 262 g/mol. The SMILES string of the molecule is COC(=O)c1ccc2c(c1)CN(CCc1ccccc1)C2. The van der Waals surface area contributed by atoms with Crippen LogP contribution in [0.5, 0.6) is 0 Å². The van der Waals surface area contributed by atoms with E-state index in [-0.39, 0.29) is 5.97 Å². The molecule has 0 bridgehead atoms. The quantitative estimate of drug-likeness (QED) is 0.807. The molecule has 0 aliphatic carbocycles. The molecule has 0 atom stereocenters. The average Bonchev–Trinajstić information content (AvgIpc) is 2.95. The summed E-state index contributed by atoms with van der Waals surface area (Å²) in [6.07, 6.45) is 1.05. The minimum atomic E-state index is -0.263. The second-order valence-electron chi connectivity index (χ2n) is 5.42. The Hall–Kier alpha value is -2.13. The number of carbonyl (C=O) groups excluding carboxylic acids is 1. The van der Waals surface area contributed by atoms with Crippen molar-refractivity contribution < 1.29 is 9.53 Å². The van der Waals surface area contributed by atoms with Gasteiger partial charge < -0.3 is 4.74 Å². The van der Waals surface area contributed by atoms with Crippen LogP contribution in [-0.4, -0.2) is 24.5 Å². The van der Waals surface area contributed by atoms with Crippen LogP contribution >= 0.6 is 0 Å². The minimum absolute atomic E-state index is 0.263. The number of hydrogen-bond donors (Lipinski definition) is 0. The molecule has 0 saturated heterocycles. The van der Waals surface area contributed by atoms with Crippen molar-refractivity contribution in [2.45, 2.75) is 19.5 Å². The molecule has 0 unspecified atom stereocenters. The lowest BCUT2D eigenvalue weighted by molar-refractivity contribution is 0.0600. The Kier molecular flexibility index (Phi) is 4.02. The smallest absolute Gasteiger partial charge is 0.337 e. The summed E-state index contributed by atoms with van der Waals surface area (Å²) in [6, 6.07) is 16.4. The van der Waals surface area contributed by atoms with Crippen molar-refractivity contribution in [2.75, 3.05) is 13.7 Å². The van der Waals surface area contributed by atoms with Crippen LogP contribution in [0.15, 0.2) is 48.5 Å². The summed E-state index contributed by atoms with van der Waals surface area (Å²) in [4.78, 5) is 14.0. The number of rotatable bonds is 4. The molecule has 21 heavy (non-hydrogen) atoms. The number of ether oxygens (including phenoxy) is 1. The molecule has 0 fully saturated rings. The maximum atomic E-state index is 11.6. The van der Waals surface area contributed by atoms with Gasteiger partial charge in [-0.1, -0.05) is 36.4 Å². The Morgan fingerprint density at radius 2 is 1.86 bits per heavy atom. The average molecular weight is 281 g/mol. The summed E-state index contributed by atoms with van der Waals surface area (Å²) in [5.74, 6) is -0.263. The van der Waals surface area contributed by atoms with Crippen LogP contribution < -0.4 is 0 Å². The molecule has 0 radical (unpaired) electrons. The number of methoxy groups -OCH3 is 1. The van der Waals surface area contributed by atoms with Crippen LogP contribution in [0.3, 0.4) is 0 Å². The molecule has 1 heterocycles. The summed E-state index contributed by atoms with van der Waals surface area (Å²) >= 11 is 0. The van der Waals surface area contributed by atoms with Gasteiger partial charge in [-0.25, -0.2) is 4.79 Å². The fraction of sp³-hybridized carbons (Fsp3) is 0.278. The van der Waals surface area contributed by atoms with Crippen LogP contribution in [0.2, 0.25) is 0 Å². The number of hydrogen-bond acceptors (Lipinski definition) is 3. The van der Waals surface area contributed by atoms with Crippen LogP contribution in [0.1, 0.15) is 27.0 Å². The van der Waals surface area contributed by atoms with E-state index in [2.05, 4.69) is 29.2 Å². The Labute approximate surface area is 125 Å². The molecule has 3 nitrogen and oxygen atoms in total. The van der Waals surface area contributed by atoms with Gasteiger partial charge in [0.05, 0.1) is 12.7 Å². The van der Waals surface area contributed by atoms with Gasteiger partial charge in [0.15, 0.2) is 0 Å². The van der Waals surface area contributed by atoms with Crippen molar-refractivity contribution in [1.29, 1.82) is 0 Å². The third kappa shape index (κ3) is 3.14. The molecule has 3 heteroatoms. The predicted octanol–water partition coefficient (Wildman–Crippen LogP) is 3.03. The highest BCUT2D eigenvalue weighted by Gasteiger charge is 2.20. The van der Waals surface area contributed by atoms with E-state index in [9.17, 15) is 4.79 Å². The maximum Gasteiger partial charge on any atom is 0.337 e. The third-order valence-corrected chi connectivity index (χ3v) is 3.97. The molecule has 1 aliphatic heterocycles. The molecule has 0 saturated carbocycles. The number of nitrogens with zero attached hydrogens (tertiary/aromatic N) is 1. The van der Waals surface area contributed by atoms with Crippen LogP contribution in [0, 0.1) is 0 Å². The number of fused-ring (bicyclic) bond motifs is 1. The lowest BCUT2D eigenvalue weighted by atomic mass is 10.1. The summed E-state index contributed by atoms with van der Waals surface area (Å²) in [5, 5.41) is 0. The Balaban J connectivity index is 1.63. The lowest BCUT2D eigenvalue weighted by Crippen LogP contribution is -2.19. The molecule has 0 N–H and O–H groups in total. The molecule has 3 rings (SSSR count). The zero-order valence-electron chi connectivity index (χ0n) is 12.2. The number of esters is 1. The van der Waals surface area contributed by atoms with Crippen molar-refractivity contribution in [3.8, 4) is 0 Å². The lowest BCUT2D eigenvalue weighted by Gasteiger charge is -2.14. The highest BCUT2D eigenvalue weighted by Crippen LogP contribution is 2.24. The topological polar surface area (TPSA) is 29.5 Å². The fourth-order valence-electron chi connectivity index (χ4n) is 2.80. The first-order valence-corrected chi connectivity index (χ1v) is 7.22. The fourth-order valence-corrected chi connectivity index (χ4v) is 2.80. The van der Waals surface area contributed by atoms with E-state index in [1.807, 2.05) is 24.3 Å². The van der Waals surface area contributed by atoms with Crippen molar-refractivity contribution >= 4 is 5.97 Å². The van der Waals surface area contributed by atoms with Gasteiger partial charge in [-0.2, -0.15) is 0 Å². The summed E-state index contributed by atoms with van der Waals surface area (Å²) in [7, 11) is 1.42. The van der Waals surface area contributed by atoms with Gasteiger partial charge in [0.1, 0.15) is 0 Å². The molecular formula is C18H19NO2. The van der Waals surface area contributed by atoms with E-state index in [0.29, 0.717) is 5.56 Å². The number of carbonyl (C=O) groups is 1. The van der Waals surface area contributed by atoms with E-state index < -0.39 is 0 Å². The zero-order chi connectivity index (χ0) is 14.7. The van der Waals surface area contributed by atoms with Crippen LogP contribution in [0.4, 0.5) is 0 Å². The molecule has 2 aromatic carbocycles. The third-order valence-electron chi connectivity index (χ3n) is 3.97. The van der Waals surface area contributed by atoms with Gasteiger partial charge >= 0.3 is 5.97 Å². The summed E-state index contributed by atoms with van der Waals surface area (Å²) in [5.41, 5.74) is 4.56. The Morgan fingerprint density at radius 3 is 2.62 bits per heavy atom. The Morgan fingerprint density at radius 1 is 1.10 bits per heavy atom. The normalized spacial score (nSPS) is 14.0. The molecule has 2 aromatic rings. The van der Waals surface area contributed by atoms with Crippen LogP contribution in [0.25, 0.3) is 0 Å². The largest absolute Gasteiger partial charge is 0.465 e. The highest BCUT2D eigenvalue weighted by molar-refractivity contribution is 5.89. The minimum Gasteiger partial charge on any atom is -0.465 e. The summed E-state index contributed by atoms with van der Waals surface area (Å²) < 4.78 is 4.78. The van der Waals surface area contributed by atoms with Gasteiger partial charge in [0.25, 0.3) is 0 Å². The van der Waals surface area contributed by atoms with Gasteiger partial charge in [-0.05, 0) is 35.2 Å². The second-order valence-corrected chi connectivity index (χ2v) is 5.42. The first kappa shape index (κ1) is 13.8. The van der Waals surface area contributed by atoms with Crippen molar-refractivity contribution in [1.82, 2.24) is 4.90 Å². The first-order chi connectivity index (χ1) is 10.3. The number of benzene rings is 2. The van der Waals surface area contributed by atoms with Crippen molar-refractivity contribution in [3.05, 3.63) is 70.8 Å². The highest BCUT2D eigenvalue weighted by atomic mass is 16.5. The second kappa shape index (κ2) is 6.10. The van der Waals surface area contributed by atoms with Crippen molar-refractivity contribution in [2.24, 2.45) is 0 Å². The van der Waals surface area contributed by atoms with Gasteiger partial charge in [-0.15, -0.1) is 0 Å². The van der Waals surface area contributed by atoms with E-state index in [1.54, 1.807) is 0 Å². The Bertz CT molecular complexity index is 637. The van der Waals surface area contributed by atoms with E-state index >= 15 is 0 Å². The molecule has 0 amide bonds. The van der Waals surface area contributed by atoms with Crippen molar-refractivity contribution in [3.63, 3.8) is 0 Å². The standard InChI is InChI=1S/C18H19NO2/c1-21-18(20)15-7-8-16-12-19(13-17(16)11-15)10-9-14-5-3-2-4-6-14/h2-8,11H,9-10,12-13H2,1H3. The van der Waals surface area contributed by atoms with E-state index in [4.69, 9.17) is 4.74 Å². The molecule has 0 aromatic heterocycles. The molecule has 1 aliphatic rings. The monoisotopic (exact) mass is 281 g/mol. The predicted molar refractivity (Wildman–Crippen MR) is 82.0 cm³/mol. The molecule has 108 valence electrons. The maximum absolute atomic E-state index is 11.6. The first-order valence-electron chi connectivity index (χ1n) is 7.22. The summed E-state index contributed by atoms with van der Waals surface area (Å²) in [6.45, 7) is 2.91. The van der Waals surface area contributed by atoms with Gasteiger partial charge in [0.2, 0.25) is 0 Å². The molecule has 0 spiro atoms. The van der Waals surface area contributed by atoms with Gasteiger partial charge in [0, 0.05) is 19.6 Å². The zero-order valence-corrected chi connectivity index (χ0v) is 12.2.